The quantitative estimate of drug-likeness (QED) is 0.735. The Morgan fingerprint density at radius 2 is 2.06 bits per heavy atom. The maximum Gasteiger partial charge on any atom is 0.305 e. The summed E-state index contributed by atoms with van der Waals surface area (Å²) in [5.41, 5.74) is 5.32. The minimum absolute atomic E-state index is 0.306. The first-order valence-corrected chi connectivity index (χ1v) is 5.77. The lowest BCUT2D eigenvalue weighted by molar-refractivity contribution is -0.139. The number of benzene rings is 1. The van der Waals surface area contributed by atoms with Gasteiger partial charge >= 0.3 is 5.97 Å². The van der Waals surface area contributed by atoms with Crippen molar-refractivity contribution in [2.24, 2.45) is 5.73 Å². The van der Waals surface area contributed by atoms with Gasteiger partial charge in [-0.1, -0.05) is 22.0 Å². The molecule has 0 aliphatic rings. The van der Waals surface area contributed by atoms with Crippen LogP contribution in [0.15, 0.2) is 28.7 Å². The standard InChI is InChI=1S/C11H11BrN2O4/c12-7-3-1-2-6(4-7)11(18)14-8(10(13)17)5-9(15)16/h1-4,8H,5H2,(H2,13,17)(H,14,18)(H,15,16)/t8-/m1/s1. The summed E-state index contributed by atoms with van der Waals surface area (Å²) in [5.74, 6) is -2.66. The van der Waals surface area contributed by atoms with Crippen LogP contribution in [0.4, 0.5) is 0 Å². The average Bonchev–Trinajstić information content (AvgIpc) is 2.27. The Kier molecular flexibility index (Phi) is 4.85. The van der Waals surface area contributed by atoms with Crippen molar-refractivity contribution in [3.8, 4) is 0 Å². The molecule has 0 saturated carbocycles. The maximum absolute atomic E-state index is 11.8. The third-order valence-electron chi connectivity index (χ3n) is 2.11. The molecule has 7 heteroatoms. The van der Waals surface area contributed by atoms with Gasteiger partial charge in [-0.2, -0.15) is 0 Å². The van der Waals surface area contributed by atoms with Gasteiger partial charge in [-0.15, -0.1) is 0 Å². The van der Waals surface area contributed by atoms with Crippen LogP contribution in [0.3, 0.4) is 0 Å². The molecular weight excluding hydrogens is 304 g/mol. The van der Waals surface area contributed by atoms with Crippen molar-refractivity contribution in [2.45, 2.75) is 12.5 Å². The first-order chi connectivity index (χ1) is 8.40. The summed E-state index contributed by atoms with van der Waals surface area (Å²) in [6, 6.07) is 5.25. The number of aliphatic carboxylic acids is 1. The van der Waals surface area contributed by atoms with E-state index >= 15 is 0 Å². The number of amides is 2. The van der Waals surface area contributed by atoms with Crippen LogP contribution in [0.1, 0.15) is 16.8 Å². The average molecular weight is 315 g/mol. The molecule has 0 fully saturated rings. The first-order valence-electron chi connectivity index (χ1n) is 4.97. The molecule has 0 spiro atoms. The van der Waals surface area contributed by atoms with Gasteiger partial charge in [-0.3, -0.25) is 14.4 Å². The highest BCUT2D eigenvalue weighted by Gasteiger charge is 2.21. The van der Waals surface area contributed by atoms with Gasteiger partial charge in [0.25, 0.3) is 5.91 Å². The van der Waals surface area contributed by atoms with E-state index in [4.69, 9.17) is 10.8 Å². The van der Waals surface area contributed by atoms with Gasteiger partial charge in [0, 0.05) is 10.0 Å². The summed E-state index contributed by atoms with van der Waals surface area (Å²) in [4.78, 5) is 33.3. The van der Waals surface area contributed by atoms with E-state index in [-0.39, 0.29) is 0 Å². The third-order valence-corrected chi connectivity index (χ3v) is 2.61. The Morgan fingerprint density at radius 1 is 1.39 bits per heavy atom. The lowest BCUT2D eigenvalue weighted by Crippen LogP contribution is -2.45. The van der Waals surface area contributed by atoms with Crippen LogP contribution in [0.5, 0.6) is 0 Å². The summed E-state index contributed by atoms with van der Waals surface area (Å²) in [6.45, 7) is 0. The van der Waals surface area contributed by atoms with E-state index < -0.39 is 30.2 Å². The lowest BCUT2D eigenvalue weighted by atomic mass is 10.1. The van der Waals surface area contributed by atoms with Crippen molar-refractivity contribution in [2.75, 3.05) is 0 Å². The maximum atomic E-state index is 11.8. The van der Waals surface area contributed by atoms with Crippen molar-refractivity contribution in [1.29, 1.82) is 0 Å². The Labute approximate surface area is 111 Å². The fraction of sp³-hybridized carbons (Fsp3) is 0.182. The van der Waals surface area contributed by atoms with Crippen molar-refractivity contribution < 1.29 is 19.5 Å². The molecule has 0 aliphatic heterocycles. The van der Waals surface area contributed by atoms with E-state index in [0.717, 1.165) is 0 Å². The van der Waals surface area contributed by atoms with Gasteiger partial charge in [0.2, 0.25) is 5.91 Å². The number of nitrogens with two attached hydrogens (primary N) is 1. The van der Waals surface area contributed by atoms with Crippen LogP contribution in [-0.2, 0) is 9.59 Å². The zero-order valence-corrected chi connectivity index (χ0v) is 10.8. The molecule has 0 radical (unpaired) electrons. The number of carboxylic acid groups (broad SMARTS) is 1. The number of carbonyl (C=O) groups excluding carboxylic acids is 2. The van der Waals surface area contributed by atoms with Crippen LogP contribution in [0.2, 0.25) is 0 Å². The van der Waals surface area contributed by atoms with Gasteiger partial charge in [0.1, 0.15) is 6.04 Å². The Morgan fingerprint density at radius 3 is 2.56 bits per heavy atom. The van der Waals surface area contributed by atoms with Gasteiger partial charge in [0.15, 0.2) is 0 Å². The summed E-state index contributed by atoms with van der Waals surface area (Å²) < 4.78 is 0.698. The molecule has 0 unspecified atom stereocenters. The van der Waals surface area contributed by atoms with Gasteiger partial charge in [-0.05, 0) is 18.2 Å². The monoisotopic (exact) mass is 314 g/mol. The number of primary amides is 1. The second-order valence-corrected chi connectivity index (χ2v) is 4.45. The van der Waals surface area contributed by atoms with Crippen LogP contribution < -0.4 is 11.1 Å². The van der Waals surface area contributed by atoms with Crippen LogP contribution in [0.25, 0.3) is 0 Å². The summed E-state index contributed by atoms with van der Waals surface area (Å²) in [7, 11) is 0. The van der Waals surface area contributed by atoms with Crippen molar-refractivity contribution >= 4 is 33.7 Å². The van der Waals surface area contributed by atoms with Crippen molar-refractivity contribution in [1.82, 2.24) is 5.32 Å². The normalized spacial score (nSPS) is 11.6. The van der Waals surface area contributed by atoms with E-state index in [0.29, 0.717) is 10.0 Å². The molecule has 0 bridgehead atoms. The summed E-state index contributed by atoms with van der Waals surface area (Å²) in [6.07, 6.45) is -0.547. The summed E-state index contributed by atoms with van der Waals surface area (Å²) in [5, 5.41) is 10.9. The SMILES string of the molecule is NC(=O)[C@@H](CC(=O)O)NC(=O)c1cccc(Br)c1. The molecule has 4 N–H and O–H groups in total. The second-order valence-electron chi connectivity index (χ2n) is 3.54. The van der Waals surface area contributed by atoms with Crippen LogP contribution in [0, 0.1) is 0 Å². The van der Waals surface area contributed by atoms with E-state index in [2.05, 4.69) is 21.2 Å². The molecule has 1 aromatic carbocycles. The van der Waals surface area contributed by atoms with Crippen LogP contribution >= 0.6 is 15.9 Å². The Bertz CT molecular complexity index is 490. The number of rotatable bonds is 5. The molecule has 1 atom stereocenters. The molecule has 1 aromatic rings. The predicted octanol–water partition coefficient (Wildman–Crippen LogP) is 0.507. The summed E-state index contributed by atoms with van der Waals surface area (Å²) >= 11 is 3.20. The smallest absolute Gasteiger partial charge is 0.305 e. The number of carboxylic acids is 1. The van der Waals surface area contributed by atoms with Gasteiger partial charge < -0.3 is 16.2 Å². The van der Waals surface area contributed by atoms with Gasteiger partial charge in [0.05, 0.1) is 6.42 Å². The van der Waals surface area contributed by atoms with Crippen LogP contribution in [-0.4, -0.2) is 28.9 Å². The number of hydrogen-bond donors (Lipinski definition) is 3. The molecule has 1 rings (SSSR count). The lowest BCUT2D eigenvalue weighted by Gasteiger charge is -2.13. The molecule has 2 amide bonds. The molecule has 6 nitrogen and oxygen atoms in total. The highest BCUT2D eigenvalue weighted by Crippen LogP contribution is 2.11. The third kappa shape index (κ3) is 4.17. The molecular formula is C11H11BrN2O4. The highest BCUT2D eigenvalue weighted by atomic mass is 79.9. The van der Waals surface area contributed by atoms with E-state index in [1.54, 1.807) is 24.3 Å². The number of carbonyl (C=O) groups is 3. The number of hydrogen-bond acceptors (Lipinski definition) is 3. The fourth-order valence-corrected chi connectivity index (χ4v) is 1.67. The minimum atomic E-state index is -1.23. The molecule has 18 heavy (non-hydrogen) atoms. The predicted molar refractivity (Wildman–Crippen MR) is 66.8 cm³/mol. The Hall–Kier alpha value is -1.89. The molecule has 96 valence electrons. The Balaban J connectivity index is 2.78. The van der Waals surface area contributed by atoms with E-state index in [1.807, 2.05) is 0 Å². The van der Waals surface area contributed by atoms with E-state index in [1.165, 1.54) is 0 Å². The van der Waals surface area contributed by atoms with Crippen molar-refractivity contribution in [3.63, 3.8) is 0 Å². The second kappa shape index (κ2) is 6.15. The first kappa shape index (κ1) is 14.2. The van der Waals surface area contributed by atoms with Gasteiger partial charge in [-0.25, -0.2) is 0 Å². The number of halogens is 1. The minimum Gasteiger partial charge on any atom is -0.481 e. The number of nitrogens with one attached hydrogen (secondary N) is 1. The fourth-order valence-electron chi connectivity index (χ4n) is 1.27. The van der Waals surface area contributed by atoms with E-state index in [9.17, 15) is 14.4 Å². The zero-order chi connectivity index (χ0) is 13.7. The highest BCUT2D eigenvalue weighted by molar-refractivity contribution is 9.10. The van der Waals surface area contributed by atoms with Crippen molar-refractivity contribution in [3.05, 3.63) is 34.3 Å². The molecule has 0 aliphatic carbocycles. The molecule has 0 aromatic heterocycles. The zero-order valence-electron chi connectivity index (χ0n) is 9.22. The molecule has 0 saturated heterocycles. The largest absolute Gasteiger partial charge is 0.481 e. The molecule has 0 heterocycles. The topological polar surface area (TPSA) is 109 Å².